The predicted molar refractivity (Wildman–Crippen MR) is 61.8 cm³/mol. The largest absolute Gasteiger partial charge is 0.373 e. The number of ether oxygens (including phenoxy) is 1. The van der Waals surface area contributed by atoms with Gasteiger partial charge in [-0.25, -0.2) is 0 Å². The number of nitrogens with zero attached hydrogens (tertiary/aromatic N) is 1. The third-order valence-corrected chi connectivity index (χ3v) is 3.90. The molecule has 1 aliphatic carbocycles. The summed E-state index contributed by atoms with van der Waals surface area (Å²) in [6.45, 7) is 8.52. The lowest BCUT2D eigenvalue weighted by Gasteiger charge is -2.47. The summed E-state index contributed by atoms with van der Waals surface area (Å²) in [5, 5.41) is 0. The highest BCUT2D eigenvalue weighted by atomic mass is 16.5. The van der Waals surface area contributed by atoms with Crippen LogP contribution in [0.15, 0.2) is 0 Å². The Bertz CT molecular complexity index is 200. The average Bonchev–Trinajstić information content (AvgIpc) is 2.10. The zero-order chi connectivity index (χ0) is 10.9. The smallest absolute Gasteiger partial charge is 0.0678 e. The Kier molecular flexibility index (Phi) is 3.33. The van der Waals surface area contributed by atoms with E-state index >= 15 is 0 Å². The fraction of sp³-hybridized carbons (Fsp3) is 1.00. The van der Waals surface area contributed by atoms with E-state index in [-0.39, 0.29) is 0 Å². The van der Waals surface area contributed by atoms with Gasteiger partial charge >= 0.3 is 0 Å². The maximum atomic E-state index is 5.90. The summed E-state index contributed by atoms with van der Waals surface area (Å²) in [6, 6.07) is 0. The van der Waals surface area contributed by atoms with Crippen molar-refractivity contribution in [2.24, 2.45) is 11.1 Å². The van der Waals surface area contributed by atoms with E-state index in [2.05, 4.69) is 18.7 Å². The molecule has 1 aliphatic heterocycles. The highest BCUT2D eigenvalue weighted by molar-refractivity contribution is 4.92. The van der Waals surface area contributed by atoms with Crippen LogP contribution in [0.1, 0.15) is 33.1 Å². The Balaban J connectivity index is 1.87. The van der Waals surface area contributed by atoms with Crippen molar-refractivity contribution in [1.29, 1.82) is 0 Å². The van der Waals surface area contributed by atoms with Gasteiger partial charge in [-0.1, -0.05) is 6.42 Å². The predicted octanol–water partition coefficient (Wildman–Crippen LogP) is 1.22. The summed E-state index contributed by atoms with van der Waals surface area (Å²) in [4.78, 5) is 2.55. The first kappa shape index (κ1) is 11.4. The van der Waals surface area contributed by atoms with Gasteiger partial charge in [0.15, 0.2) is 0 Å². The van der Waals surface area contributed by atoms with Gasteiger partial charge in [-0.15, -0.1) is 0 Å². The monoisotopic (exact) mass is 212 g/mol. The van der Waals surface area contributed by atoms with Crippen LogP contribution >= 0.6 is 0 Å². The summed E-state index contributed by atoms with van der Waals surface area (Å²) in [6.07, 6.45) is 4.77. The lowest BCUT2D eigenvalue weighted by Crippen LogP contribution is -2.53. The summed E-state index contributed by atoms with van der Waals surface area (Å²) >= 11 is 0. The second-order valence-corrected chi connectivity index (χ2v) is 5.51. The van der Waals surface area contributed by atoms with Crippen molar-refractivity contribution < 1.29 is 4.74 Å². The van der Waals surface area contributed by atoms with Gasteiger partial charge in [0.25, 0.3) is 0 Å². The van der Waals surface area contributed by atoms with E-state index in [1.54, 1.807) is 0 Å². The zero-order valence-electron chi connectivity index (χ0n) is 10.0. The van der Waals surface area contributed by atoms with Crippen molar-refractivity contribution in [2.45, 2.75) is 45.3 Å². The van der Waals surface area contributed by atoms with E-state index in [1.165, 1.54) is 25.8 Å². The SMILES string of the molecule is C[C@@H]1CN(CC2(CN)CCC2)C[C@H](C)O1. The minimum atomic E-state index is 0.378. The molecule has 2 atom stereocenters. The quantitative estimate of drug-likeness (QED) is 0.764. The Morgan fingerprint density at radius 3 is 2.27 bits per heavy atom. The second kappa shape index (κ2) is 4.40. The van der Waals surface area contributed by atoms with Crippen LogP contribution in [0.25, 0.3) is 0 Å². The van der Waals surface area contributed by atoms with E-state index in [9.17, 15) is 0 Å². The molecule has 1 saturated carbocycles. The van der Waals surface area contributed by atoms with E-state index in [0.29, 0.717) is 17.6 Å². The van der Waals surface area contributed by atoms with E-state index in [4.69, 9.17) is 10.5 Å². The normalized spacial score (nSPS) is 36.2. The number of rotatable bonds is 3. The molecule has 3 nitrogen and oxygen atoms in total. The Labute approximate surface area is 93.0 Å². The lowest BCUT2D eigenvalue weighted by molar-refractivity contribution is -0.0836. The van der Waals surface area contributed by atoms with Gasteiger partial charge in [0.05, 0.1) is 12.2 Å². The highest BCUT2D eigenvalue weighted by Gasteiger charge is 2.38. The molecule has 15 heavy (non-hydrogen) atoms. The Morgan fingerprint density at radius 2 is 1.87 bits per heavy atom. The zero-order valence-corrected chi connectivity index (χ0v) is 10.0. The molecule has 0 unspecified atom stereocenters. The fourth-order valence-electron chi connectivity index (χ4n) is 2.99. The van der Waals surface area contributed by atoms with Crippen LogP contribution in [0, 0.1) is 5.41 Å². The van der Waals surface area contributed by atoms with Crippen molar-refractivity contribution in [3.05, 3.63) is 0 Å². The van der Waals surface area contributed by atoms with Crippen LogP contribution in [-0.2, 0) is 4.74 Å². The molecule has 2 N–H and O–H groups in total. The molecule has 2 aliphatic rings. The van der Waals surface area contributed by atoms with Crippen LogP contribution in [0.3, 0.4) is 0 Å². The van der Waals surface area contributed by atoms with Gasteiger partial charge in [0, 0.05) is 19.6 Å². The van der Waals surface area contributed by atoms with Gasteiger partial charge in [-0.05, 0) is 38.6 Å². The Morgan fingerprint density at radius 1 is 1.27 bits per heavy atom. The molecule has 2 rings (SSSR count). The molecule has 0 amide bonds. The van der Waals surface area contributed by atoms with Gasteiger partial charge in [-0.3, -0.25) is 4.90 Å². The second-order valence-electron chi connectivity index (χ2n) is 5.51. The van der Waals surface area contributed by atoms with Crippen LogP contribution in [0.5, 0.6) is 0 Å². The third kappa shape index (κ3) is 2.52. The van der Waals surface area contributed by atoms with Crippen molar-refractivity contribution >= 4 is 0 Å². The molecule has 88 valence electrons. The van der Waals surface area contributed by atoms with Crippen LogP contribution in [0.2, 0.25) is 0 Å². The van der Waals surface area contributed by atoms with E-state index in [1.807, 2.05) is 0 Å². The molecule has 0 aromatic carbocycles. The molecule has 0 radical (unpaired) electrons. The van der Waals surface area contributed by atoms with E-state index < -0.39 is 0 Å². The minimum Gasteiger partial charge on any atom is -0.373 e. The summed E-state index contributed by atoms with van der Waals surface area (Å²) in [5.74, 6) is 0. The summed E-state index contributed by atoms with van der Waals surface area (Å²) in [7, 11) is 0. The fourth-order valence-corrected chi connectivity index (χ4v) is 2.99. The topological polar surface area (TPSA) is 38.5 Å². The van der Waals surface area contributed by atoms with E-state index in [0.717, 1.165) is 19.6 Å². The molecule has 0 bridgehead atoms. The number of hydrogen-bond donors (Lipinski definition) is 1. The van der Waals surface area contributed by atoms with Gasteiger partial charge < -0.3 is 10.5 Å². The molecule has 0 spiro atoms. The number of hydrogen-bond acceptors (Lipinski definition) is 3. The molecule has 3 heteroatoms. The molecule has 0 aromatic rings. The number of morpholine rings is 1. The van der Waals surface area contributed by atoms with Crippen molar-refractivity contribution in [2.75, 3.05) is 26.2 Å². The highest BCUT2D eigenvalue weighted by Crippen LogP contribution is 2.40. The van der Waals surface area contributed by atoms with Crippen molar-refractivity contribution in [3.63, 3.8) is 0 Å². The maximum Gasteiger partial charge on any atom is 0.0678 e. The number of nitrogens with two attached hydrogens (primary N) is 1. The lowest BCUT2D eigenvalue weighted by atomic mass is 9.68. The minimum absolute atomic E-state index is 0.378. The molecule has 1 heterocycles. The average molecular weight is 212 g/mol. The Hall–Kier alpha value is -0.120. The summed E-state index contributed by atoms with van der Waals surface area (Å²) < 4.78 is 5.74. The van der Waals surface area contributed by atoms with Gasteiger partial charge in [0.2, 0.25) is 0 Å². The summed E-state index contributed by atoms with van der Waals surface area (Å²) in [5.41, 5.74) is 6.34. The first-order valence-corrected chi connectivity index (χ1v) is 6.21. The third-order valence-electron chi connectivity index (χ3n) is 3.90. The molecule has 2 fully saturated rings. The first-order chi connectivity index (χ1) is 7.13. The van der Waals surface area contributed by atoms with Gasteiger partial charge in [0.1, 0.15) is 0 Å². The van der Waals surface area contributed by atoms with Crippen molar-refractivity contribution in [3.8, 4) is 0 Å². The molecule has 0 aromatic heterocycles. The molecular formula is C12H24N2O. The van der Waals surface area contributed by atoms with Crippen LogP contribution < -0.4 is 5.73 Å². The van der Waals surface area contributed by atoms with Crippen LogP contribution in [-0.4, -0.2) is 43.3 Å². The standard InChI is InChI=1S/C12H24N2O/c1-10-6-14(7-11(2)15-10)9-12(8-13)4-3-5-12/h10-11H,3-9,13H2,1-2H3/t10-,11+. The molecular weight excluding hydrogens is 188 g/mol. The van der Waals surface area contributed by atoms with Gasteiger partial charge in [-0.2, -0.15) is 0 Å². The van der Waals surface area contributed by atoms with Crippen molar-refractivity contribution in [1.82, 2.24) is 4.90 Å². The maximum absolute atomic E-state index is 5.90. The van der Waals surface area contributed by atoms with Crippen LogP contribution in [0.4, 0.5) is 0 Å². The first-order valence-electron chi connectivity index (χ1n) is 6.21. The molecule has 1 saturated heterocycles.